The first kappa shape index (κ1) is 23.2. The van der Waals surface area contributed by atoms with Gasteiger partial charge in [0.25, 0.3) is 0 Å². The molecule has 0 amide bonds. The fourth-order valence-corrected chi connectivity index (χ4v) is 7.04. The van der Waals surface area contributed by atoms with E-state index in [9.17, 15) is 0 Å². The first-order chi connectivity index (χ1) is 19.5. The number of nitrogens with zero attached hydrogens (tertiary/aromatic N) is 4. The van der Waals surface area contributed by atoms with Gasteiger partial charge in [0.1, 0.15) is 0 Å². The summed E-state index contributed by atoms with van der Waals surface area (Å²) in [5.74, 6) is 0.432. The Morgan fingerprint density at radius 3 is 1.93 bits per heavy atom. The highest BCUT2D eigenvalue weighted by Gasteiger charge is 2.30. The first-order valence-electron chi connectivity index (χ1n) is 14.1. The molecule has 6 aromatic rings. The van der Waals surface area contributed by atoms with E-state index in [2.05, 4.69) is 150 Å². The molecule has 8 rings (SSSR count). The maximum Gasteiger partial charge on any atom is 0.0720 e. The summed E-state index contributed by atoms with van der Waals surface area (Å²) in [5.41, 5.74) is 13.9. The number of anilines is 7. The number of aromatic nitrogens is 1. The van der Waals surface area contributed by atoms with Crippen LogP contribution in [0, 0.1) is 0 Å². The van der Waals surface area contributed by atoms with E-state index in [1.165, 1.54) is 72.7 Å². The number of aryl methyl sites for hydroxylation is 1. The first-order valence-corrected chi connectivity index (χ1v) is 14.1. The van der Waals surface area contributed by atoms with Gasteiger partial charge in [0.15, 0.2) is 0 Å². The average molecular weight is 521 g/mol. The van der Waals surface area contributed by atoms with Crippen LogP contribution in [0.1, 0.15) is 24.0 Å². The van der Waals surface area contributed by atoms with Crippen LogP contribution in [0.4, 0.5) is 39.8 Å². The van der Waals surface area contributed by atoms with Crippen LogP contribution >= 0.6 is 0 Å². The van der Waals surface area contributed by atoms with E-state index in [1.54, 1.807) is 0 Å². The summed E-state index contributed by atoms with van der Waals surface area (Å²) >= 11 is 0. The molecule has 1 unspecified atom stereocenters. The van der Waals surface area contributed by atoms with Crippen LogP contribution in [-0.4, -0.2) is 18.7 Å². The van der Waals surface area contributed by atoms with Gasteiger partial charge in [-0.25, -0.2) is 0 Å². The minimum atomic E-state index is 0.432. The summed E-state index contributed by atoms with van der Waals surface area (Å²) in [6.45, 7) is 2.37. The molecular weight excluding hydrogens is 488 g/mol. The lowest BCUT2D eigenvalue weighted by Crippen LogP contribution is -2.24. The number of rotatable bonds is 1. The van der Waals surface area contributed by atoms with Gasteiger partial charge in [-0.1, -0.05) is 55.5 Å². The van der Waals surface area contributed by atoms with E-state index in [4.69, 9.17) is 0 Å². The van der Waals surface area contributed by atoms with Gasteiger partial charge < -0.3 is 19.3 Å². The van der Waals surface area contributed by atoms with E-state index >= 15 is 0 Å². The fourth-order valence-electron chi connectivity index (χ4n) is 7.04. The van der Waals surface area contributed by atoms with Crippen LogP contribution in [0.5, 0.6) is 0 Å². The van der Waals surface area contributed by atoms with Crippen molar-refractivity contribution in [3.63, 3.8) is 0 Å². The number of benzene rings is 5. The molecule has 2 aliphatic rings. The lowest BCUT2D eigenvalue weighted by Gasteiger charge is -2.38. The fraction of sp³-hybridized carbons (Fsp3) is 0.167. The van der Waals surface area contributed by atoms with Crippen LogP contribution < -0.4 is 14.7 Å². The molecule has 4 nitrogen and oxygen atoms in total. The second kappa shape index (κ2) is 8.40. The molecule has 5 aromatic carbocycles. The van der Waals surface area contributed by atoms with E-state index in [1.807, 2.05) is 0 Å². The number of hydrogen-bond donors (Lipinski definition) is 0. The van der Waals surface area contributed by atoms with Gasteiger partial charge in [0, 0.05) is 49.0 Å². The third-order valence-corrected chi connectivity index (χ3v) is 9.12. The summed E-state index contributed by atoms with van der Waals surface area (Å²) in [6.07, 6.45) is 1.05. The summed E-state index contributed by atoms with van der Waals surface area (Å²) in [7, 11) is 6.62. The summed E-state index contributed by atoms with van der Waals surface area (Å²) in [6, 6.07) is 37.9. The predicted molar refractivity (Wildman–Crippen MR) is 170 cm³/mol. The summed E-state index contributed by atoms with van der Waals surface area (Å²) < 4.78 is 2.38. The van der Waals surface area contributed by atoms with Gasteiger partial charge in [0.05, 0.1) is 33.8 Å². The van der Waals surface area contributed by atoms with Crippen molar-refractivity contribution >= 4 is 61.6 Å². The SMILES string of the molecule is CC1Cc2ccccc2N(C)c2cc3c(cc21)c1cc2c(cc1n3C)N(c1ccccc1)c1ccccc1N2C. The van der Waals surface area contributed by atoms with Gasteiger partial charge in [-0.15, -0.1) is 0 Å². The quantitative estimate of drug-likeness (QED) is 0.215. The maximum absolute atomic E-state index is 2.47. The summed E-state index contributed by atoms with van der Waals surface area (Å²) in [5, 5.41) is 2.62. The minimum absolute atomic E-state index is 0.432. The zero-order chi connectivity index (χ0) is 27.1. The van der Waals surface area contributed by atoms with Crippen molar-refractivity contribution in [2.45, 2.75) is 19.3 Å². The number of hydrogen-bond acceptors (Lipinski definition) is 3. The van der Waals surface area contributed by atoms with Gasteiger partial charge in [0.2, 0.25) is 0 Å². The second-order valence-electron chi connectivity index (χ2n) is 11.4. The van der Waals surface area contributed by atoms with Gasteiger partial charge >= 0.3 is 0 Å². The van der Waals surface area contributed by atoms with Crippen LogP contribution in [0.15, 0.2) is 103 Å². The number of fused-ring (bicyclic) bond motifs is 7. The van der Waals surface area contributed by atoms with Crippen LogP contribution in [-0.2, 0) is 13.5 Å². The van der Waals surface area contributed by atoms with Crippen molar-refractivity contribution < 1.29 is 0 Å². The predicted octanol–water partition coefficient (Wildman–Crippen LogP) is 9.31. The highest BCUT2D eigenvalue weighted by Crippen LogP contribution is 2.53. The van der Waals surface area contributed by atoms with Gasteiger partial charge in [-0.2, -0.15) is 0 Å². The Balaban J connectivity index is 1.40. The highest BCUT2D eigenvalue weighted by atomic mass is 15.3. The molecule has 0 saturated heterocycles. The molecule has 2 aliphatic heterocycles. The standard InChI is InChI=1S/C36H32N4/c1-23-18-24-12-8-9-15-29(24)37(2)32-21-33-27(19-26(23)32)28-20-35-36(22-34(28)39(33)4)40(25-13-6-5-7-14-25)31-17-11-10-16-30(31)38(35)3/h5-17,19-23H,18H2,1-4H3. The van der Waals surface area contributed by atoms with Crippen molar-refractivity contribution in [2.24, 2.45) is 7.05 Å². The molecule has 0 spiro atoms. The molecule has 40 heavy (non-hydrogen) atoms. The third kappa shape index (κ3) is 3.13. The van der Waals surface area contributed by atoms with E-state index < -0.39 is 0 Å². The minimum Gasteiger partial charge on any atom is -0.344 e. The van der Waals surface area contributed by atoms with Crippen LogP contribution in [0.2, 0.25) is 0 Å². The molecular formula is C36H32N4. The van der Waals surface area contributed by atoms with Crippen LogP contribution in [0.25, 0.3) is 21.8 Å². The van der Waals surface area contributed by atoms with Crippen LogP contribution in [0.3, 0.4) is 0 Å². The Bertz CT molecular complexity index is 1950. The Labute approximate surface area is 235 Å². The average Bonchev–Trinajstić information content (AvgIpc) is 3.20. The third-order valence-electron chi connectivity index (χ3n) is 9.12. The van der Waals surface area contributed by atoms with Crippen molar-refractivity contribution in [2.75, 3.05) is 28.8 Å². The molecule has 0 N–H and O–H groups in total. The monoisotopic (exact) mass is 520 g/mol. The molecule has 0 bridgehead atoms. The second-order valence-corrected chi connectivity index (χ2v) is 11.4. The summed E-state index contributed by atoms with van der Waals surface area (Å²) in [4.78, 5) is 7.14. The molecule has 1 aromatic heterocycles. The smallest absolute Gasteiger partial charge is 0.0720 e. The van der Waals surface area contributed by atoms with Crippen molar-refractivity contribution in [3.8, 4) is 0 Å². The Morgan fingerprint density at radius 2 is 1.15 bits per heavy atom. The molecule has 196 valence electrons. The van der Waals surface area contributed by atoms with Gasteiger partial charge in [-0.3, -0.25) is 0 Å². The number of para-hydroxylation sites is 4. The normalized spacial score (nSPS) is 16.0. The van der Waals surface area contributed by atoms with E-state index in [0.29, 0.717) is 5.92 Å². The maximum atomic E-state index is 2.47. The van der Waals surface area contributed by atoms with Crippen molar-refractivity contribution in [1.82, 2.24) is 4.57 Å². The lowest BCUT2D eigenvalue weighted by atomic mass is 9.92. The largest absolute Gasteiger partial charge is 0.344 e. The molecule has 4 heteroatoms. The molecule has 0 fully saturated rings. The highest BCUT2D eigenvalue weighted by molar-refractivity contribution is 6.14. The van der Waals surface area contributed by atoms with E-state index in [0.717, 1.165) is 6.42 Å². The molecule has 0 radical (unpaired) electrons. The van der Waals surface area contributed by atoms with Gasteiger partial charge in [-0.05, 0) is 78.1 Å². The zero-order valence-electron chi connectivity index (χ0n) is 23.4. The lowest BCUT2D eigenvalue weighted by molar-refractivity contribution is 0.770. The molecule has 3 heterocycles. The Kier molecular flexibility index (Phi) is 4.87. The Morgan fingerprint density at radius 1 is 0.550 bits per heavy atom. The molecule has 0 aliphatic carbocycles. The molecule has 1 atom stereocenters. The van der Waals surface area contributed by atoms with Crippen molar-refractivity contribution in [1.29, 1.82) is 0 Å². The van der Waals surface area contributed by atoms with E-state index in [-0.39, 0.29) is 0 Å². The Hall–Kier alpha value is -4.70. The topological polar surface area (TPSA) is 14.7 Å². The molecule has 0 saturated carbocycles. The van der Waals surface area contributed by atoms with Crippen molar-refractivity contribution in [3.05, 3.63) is 114 Å². The zero-order valence-corrected chi connectivity index (χ0v) is 23.4.